The molecule has 0 aromatic heterocycles. The van der Waals surface area contributed by atoms with Crippen LogP contribution in [0.1, 0.15) is 19.3 Å². The fourth-order valence-electron chi connectivity index (χ4n) is 1.96. The van der Waals surface area contributed by atoms with E-state index in [0.29, 0.717) is 12.3 Å². The van der Waals surface area contributed by atoms with Gasteiger partial charge in [-0.05, 0) is 42.4 Å². The Labute approximate surface area is 101 Å². The van der Waals surface area contributed by atoms with Crippen LogP contribution in [-0.4, -0.2) is 17.4 Å². The van der Waals surface area contributed by atoms with Gasteiger partial charge in [-0.25, -0.2) is 0 Å². The first-order chi connectivity index (χ1) is 7.84. The summed E-state index contributed by atoms with van der Waals surface area (Å²) in [6.07, 6.45) is 3.13. The Balaban J connectivity index is 1.80. The minimum Gasteiger partial charge on any atom is -0.326 e. The quantitative estimate of drug-likeness (QED) is 0.872. The molecule has 0 bridgehead atoms. The van der Waals surface area contributed by atoms with Gasteiger partial charge in [0.25, 0.3) is 0 Å². The molecule has 2 rings (SSSR count). The summed E-state index contributed by atoms with van der Waals surface area (Å²) in [5, 5.41) is 2.94. The Bertz CT molecular complexity index is 333. The van der Waals surface area contributed by atoms with Gasteiger partial charge in [-0.3, -0.25) is 4.79 Å². The maximum atomic E-state index is 11.8. The minimum absolute atomic E-state index is 0.152. The lowest BCUT2D eigenvalue weighted by Crippen LogP contribution is -2.20. The summed E-state index contributed by atoms with van der Waals surface area (Å²) in [4.78, 5) is 11.8. The van der Waals surface area contributed by atoms with Crippen molar-refractivity contribution in [3.05, 3.63) is 30.3 Å². The molecule has 2 nitrogen and oxygen atoms in total. The van der Waals surface area contributed by atoms with Crippen LogP contribution in [0, 0.1) is 5.92 Å². The lowest BCUT2D eigenvalue weighted by atomic mass is 10.0. The first-order valence-electron chi connectivity index (χ1n) is 5.77. The molecular weight excluding hydrogens is 218 g/mol. The van der Waals surface area contributed by atoms with Crippen molar-refractivity contribution in [3.63, 3.8) is 0 Å². The molecule has 1 unspecified atom stereocenters. The molecule has 0 radical (unpaired) electrons. The van der Waals surface area contributed by atoms with Crippen molar-refractivity contribution in [2.45, 2.75) is 19.3 Å². The van der Waals surface area contributed by atoms with E-state index in [9.17, 15) is 4.79 Å². The fourth-order valence-corrected chi connectivity index (χ4v) is 3.12. The smallest absolute Gasteiger partial charge is 0.224 e. The highest BCUT2D eigenvalue weighted by atomic mass is 32.2. The van der Waals surface area contributed by atoms with Crippen LogP contribution >= 0.6 is 11.8 Å². The number of benzene rings is 1. The number of carbonyl (C=O) groups excluding carboxylic acids is 1. The second-order valence-electron chi connectivity index (χ2n) is 4.20. The zero-order valence-electron chi connectivity index (χ0n) is 9.32. The summed E-state index contributed by atoms with van der Waals surface area (Å²) in [7, 11) is 0. The third kappa shape index (κ3) is 3.56. The number of rotatable bonds is 3. The molecular formula is C13H17NOS. The van der Waals surface area contributed by atoms with Gasteiger partial charge in [0.15, 0.2) is 0 Å². The van der Waals surface area contributed by atoms with Crippen LogP contribution in [0.5, 0.6) is 0 Å². The van der Waals surface area contributed by atoms with Crippen LogP contribution < -0.4 is 5.32 Å². The van der Waals surface area contributed by atoms with E-state index in [-0.39, 0.29) is 5.91 Å². The molecule has 1 saturated heterocycles. The molecule has 1 heterocycles. The lowest BCUT2D eigenvalue weighted by molar-refractivity contribution is -0.117. The van der Waals surface area contributed by atoms with Gasteiger partial charge in [0.1, 0.15) is 0 Å². The molecule has 1 atom stereocenters. The van der Waals surface area contributed by atoms with Crippen molar-refractivity contribution >= 4 is 23.4 Å². The molecule has 1 amide bonds. The monoisotopic (exact) mass is 235 g/mol. The van der Waals surface area contributed by atoms with E-state index in [1.165, 1.54) is 18.6 Å². The largest absolute Gasteiger partial charge is 0.326 e. The summed E-state index contributed by atoms with van der Waals surface area (Å²) in [5.41, 5.74) is 0.899. The Morgan fingerprint density at radius 1 is 1.38 bits per heavy atom. The van der Waals surface area contributed by atoms with Crippen LogP contribution in [0.2, 0.25) is 0 Å². The average Bonchev–Trinajstić information content (AvgIpc) is 2.31. The summed E-state index contributed by atoms with van der Waals surface area (Å²) >= 11 is 1.97. The van der Waals surface area contributed by atoms with E-state index in [1.807, 2.05) is 42.1 Å². The van der Waals surface area contributed by atoms with Crippen LogP contribution in [0.3, 0.4) is 0 Å². The molecule has 0 saturated carbocycles. The molecule has 1 aromatic rings. The maximum Gasteiger partial charge on any atom is 0.224 e. The summed E-state index contributed by atoms with van der Waals surface area (Å²) < 4.78 is 0. The van der Waals surface area contributed by atoms with Gasteiger partial charge in [0, 0.05) is 12.1 Å². The number of para-hydroxylation sites is 1. The predicted molar refractivity (Wildman–Crippen MR) is 69.7 cm³/mol. The lowest BCUT2D eigenvalue weighted by Gasteiger charge is -2.20. The topological polar surface area (TPSA) is 29.1 Å². The fraction of sp³-hybridized carbons (Fsp3) is 0.462. The zero-order valence-corrected chi connectivity index (χ0v) is 10.1. The highest BCUT2D eigenvalue weighted by molar-refractivity contribution is 7.99. The van der Waals surface area contributed by atoms with E-state index in [2.05, 4.69) is 5.32 Å². The Morgan fingerprint density at radius 2 is 2.19 bits per heavy atom. The first kappa shape index (κ1) is 11.5. The van der Waals surface area contributed by atoms with Crippen molar-refractivity contribution < 1.29 is 4.79 Å². The summed E-state index contributed by atoms with van der Waals surface area (Å²) in [5.74, 6) is 3.13. The molecule has 1 N–H and O–H groups in total. The number of hydrogen-bond acceptors (Lipinski definition) is 2. The molecule has 3 heteroatoms. The van der Waals surface area contributed by atoms with Gasteiger partial charge in [0.2, 0.25) is 5.91 Å². The number of amides is 1. The van der Waals surface area contributed by atoms with Crippen LogP contribution in [0.15, 0.2) is 30.3 Å². The highest BCUT2D eigenvalue weighted by Gasteiger charge is 2.17. The molecule has 86 valence electrons. The van der Waals surface area contributed by atoms with Gasteiger partial charge in [-0.15, -0.1) is 0 Å². The van der Waals surface area contributed by atoms with E-state index in [4.69, 9.17) is 0 Å². The van der Waals surface area contributed by atoms with Crippen molar-refractivity contribution in [3.8, 4) is 0 Å². The van der Waals surface area contributed by atoms with E-state index < -0.39 is 0 Å². The molecule has 16 heavy (non-hydrogen) atoms. The molecule has 0 spiro atoms. The third-order valence-electron chi connectivity index (χ3n) is 2.79. The normalized spacial score (nSPS) is 20.4. The van der Waals surface area contributed by atoms with Gasteiger partial charge >= 0.3 is 0 Å². The molecule has 1 aliphatic rings. The van der Waals surface area contributed by atoms with Crippen molar-refractivity contribution in [2.75, 3.05) is 16.8 Å². The van der Waals surface area contributed by atoms with E-state index in [0.717, 1.165) is 11.4 Å². The van der Waals surface area contributed by atoms with Crippen molar-refractivity contribution in [1.82, 2.24) is 0 Å². The SMILES string of the molecule is O=C(CC1CCCSC1)Nc1ccccc1. The Morgan fingerprint density at radius 3 is 2.88 bits per heavy atom. The highest BCUT2D eigenvalue weighted by Crippen LogP contribution is 2.25. The summed E-state index contributed by atoms with van der Waals surface area (Å²) in [6.45, 7) is 0. The number of anilines is 1. The van der Waals surface area contributed by atoms with Gasteiger partial charge in [0.05, 0.1) is 0 Å². The van der Waals surface area contributed by atoms with Crippen LogP contribution in [0.25, 0.3) is 0 Å². The van der Waals surface area contributed by atoms with Crippen molar-refractivity contribution in [1.29, 1.82) is 0 Å². The Kier molecular flexibility index (Phi) is 4.28. The number of nitrogens with one attached hydrogen (secondary N) is 1. The molecule has 0 aliphatic carbocycles. The van der Waals surface area contributed by atoms with E-state index >= 15 is 0 Å². The van der Waals surface area contributed by atoms with Gasteiger partial charge < -0.3 is 5.32 Å². The first-order valence-corrected chi connectivity index (χ1v) is 6.93. The number of hydrogen-bond donors (Lipinski definition) is 1. The number of thioether (sulfide) groups is 1. The van der Waals surface area contributed by atoms with Gasteiger partial charge in [-0.2, -0.15) is 11.8 Å². The Hall–Kier alpha value is -0.960. The molecule has 1 aromatic carbocycles. The zero-order chi connectivity index (χ0) is 11.2. The molecule has 1 fully saturated rings. The molecule has 1 aliphatic heterocycles. The second-order valence-corrected chi connectivity index (χ2v) is 5.35. The van der Waals surface area contributed by atoms with Crippen LogP contribution in [-0.2, 0) is 4.79 Å². The second kappa shape index (κ2) is 5.94. The van der Waals surface area contributed by atoms with E-state index in [1.54, 1.807) is 0 Å². The standard InChI is InChI=1S/C13H17NOS/c15-13(9-11-5-4-8-16-10-11)14-12-6-2-1-3-7-12/h1-3,6-7,11H,4-5,8-10H2,(H,14,15). The predicted octanol–water partition coefficient (Wildman–Crippen LogP) is 3.16. The minimum atomic E-state index is 0.152. The van der Waals surface area contributed by atoms with Crippen molar-refractivity contribution in [2.24, 2.45) is 5.92 Å². The maximum absolute atomic E-state index is 11.8. The third-order valence-corrected chi connectivity index (χ3v) is 4.07. The average molecular weight is 235 g/mol. The number of carbonyl (C=O) groups is 1. The van der Waals surface area contributed by atoms with Gasteiger partial charge in [-0.1, -0.05) is 18.2 Å². The van der Waals surface area contributed by atoms with Crippen LogP contribution in [0.4, 0.5) is 5.69 Å². The summed E-state index contributed by atoms with van der Waals surface area (Å²) in [6, 6.07) is 9.67.